The first-order valence-corrected chi connectivity index (χ1v) is 8.23. The number of esters is 1. The number of ether oxygens (including phenoxy) is 1. The lowest BCUT2D eigenvalue weighted by atomic mass is 10.2. The van der Waals surface area contributed by atoms with E-state index in [1.807, 2.05) is 30.3 Å². The van der Waals surface area contributed by atoms with Gasteiger partial charge in [0.25, 0.3) is 0 Å². The molecule has 1 aromatic carbocycles. The van der Waals surface area contributed by atoms with Crippen LogP contribution in [0.2, 0.25) is 0 Å². The lowest BCUT2D eigenvalue weighted by Gasteiger charge is -2.26. The molecule has 0 heterocycles. The number of hydrogen-bond acceptors (Lipinski definition) is 4. The van der Waals surface area contributed by atoms with Gasteiger partial charge in [0.05, 0.1) is 12.4 Å². The van der Waals surface area contributed by atoms with Gasteiger partial charge in [0.1, 0.15) is 6.04 Å². The number of carbonyl (C=O) groups excluding carboxylic acids is 1. The van der Waals surface area contributed by atoms with E-state index in [4.69, 9.17) is 4.74 Å². The molecule has 6 heteroatoms. The van der Waals surface area contributed by atoms with Crippen molar-refractivity contribution in [2.75, 3.05) is 12.4 Å². The molecule has 5 nitrogen and oxygen atoms in total. The van der Waals surface area contributed by atoms with Crippen molar-refractivity contribution in [2.45, 2.75) is 33.4 Å². The van der Waals surface area contributed by atoms with E-state index in [0.29, 0.717) is 0 Å². The Bertz CT molecular complexity index is 527. The first kappa shape index (κ1) is 16.7. The van der Waals surface area contributed by atoms with Crippen molar-refractivity contribution in [3.63, 3.8) is 0 Å². The van der Waals surface area contributed by atoms with Gasteiger partial charge < -0.3 is 4.74 Å². The monoisotopic (exact) mass is 299 g/mol. The van der Waals surface area contributed by atoms with E-state index in [1.54, 1.807) is 20.8 Å². The highest BCUT2D eigenvalue weighted by Gasteiger charge is 2.31. The summed E-state index contributed by atoms with van der Waals surface area (Å²) in [5, 5.41) is 0. The van der Waals surface area contributed by atoms with E-state index in [-0.39, 0.29) is 18.9 Å². The molecule has 0 spiro atoms. The third-order valence-electron chi connectivity index (χ3n) is 2.96. The molecular weight excluding hydrogens is 278 g/mol. The molecular formula is C14H21NO4S. The summed E-state index contributed by atoms with van der Waals surface area (Å²) in [7, 11) is -3.49. The minimum Gasteiger partial charge on any atom is -0.465 e. The summed E-state index contributed by atoms with van der Waals surface area (Å²) in [6.07, 6.45) is 0. The number of rotatable bonds is 7. The second-order valence-corrected chi connectivity index (χ2v) is 6.57. The Hall–Kier alpha value is -1.40. The second-order valence-electron chi connectivity index (χ2n) is 4.36. The first-order valence-electron chi connectivity index (χ1n) is 6.62. The molecule has 0 amide bonds. The summed E-state index contributed by atoms with van der Waals surface area (Å²) in [6.45, 7) is 5.20. The van der Waals surface area contributed by atoms with Crippen molar-refractivity contribution in [1.82, 2.24) is 4.31 Å². The lowest BCUT2D eigenvalue weighted by Crippen LogP contribution is -2.44. The number of hydrogen-bond donors (Lipinski definition) is 0. The Kier molecular flexibility index (Phi) is 6.16. The molecule has 1 aromatic rings. The van der Waals surface area contributed by atoms with Gasteiger partial charge in [-0.15, -0.1) is 0 Å². The van der Waals surface area contributed by atoms with Crippen molar-refractivity contribution in [3.05, 3.63) is 35.9 Å². The Labute approximate surface area is 120 Å². The van der Waals surface area contributed by atoms with Crippen molar-refractivity contribution < 1.29 is 17.9 Å². The highest BCUT2D eigenvalue weighted by atomic mass is 32.2. The highest BCUT2D eigenvalue weighted by Crippen LogP contribution is 2.15. The summed E-state index contributed by atoms with van der Waals surface area (Å²) in [6, 6.07) is 8.35. The van der Waals surface area contributed by atoms with E-state index in [0.717, 1.165) is 5.56 Å². The maximum Gasteiger partial charge on any atom is 0.324 e. The Morgan fingerprint density at radius 3 is 2.35 bits per heavy atom. The van der Waals surface area contributed by atoms with Crippen LogP contribution in [0.5, 0.6) is 0 Å². The number of sulfonamides is 1. The topological polar surface area (TPSA) is 63.7 Å². The molecule has 0 aliphatic heterocycles. The third-order valence-corrected chi connectivity index (χ3v) is 4.85. The number of nitrogens with zero attached hydrogens (tertiary/aromatic N) is 1. The fourth-order valence-corrected chi connectivity index (χ4v) is 3.03. The summed E-state index contributed by atoms with van der Waals surface area (Å²) >= 11 is 0. The molecule has 0 saturated carbocycles. The minimum atomic E-state index is -3.49. The Morgan fingerprint density at radius 2 is 1.85 bits per heavy atom. The fraction of sp³-hybridized carbons (Fsp3) is 0.500. The van der Waals surface area contributed by atoms with Gasteiger partial charge >= 0.3 is 5.97 Å². The molecule has 1 rings (SSSR count). The van der Waals surface area contributed by atoms with Gasteiger partial charge in [-0.25, -0.2) is 8.42 Å². The number of carbonyl (C=O) groups is 1. The van der Waals surface area contributed by atoms with E-state index in [1.165, 1.54) is 4.31 Å². The van der Waals surface area contributed by atoms with E-state index in [9.17, 15) is 13.2 Å². The van der Waals surface area contributed by atoms with Crippen LogP contribution < -0.4 is 0 Å². The highest BCUT2D eigenvalue weighted by molar-refractivity contribution is 7.89. The van der Waals surface area contributed by atoms with Gasteiger partial charge in [-0.05, 0) is 26.3 Å². The molecule has 0 aliphatic carbocycles. The van der Waals surface area contributed by atoms with Gasteiger partial charge in [-0.3, -0.25) is 4.79 Å². The van der Waals surface area contributed by atoms with E-state index < -0.39 is 22.0 Å². The maximum absolute atomic E-state index is 12.2. The molecule has 0 bridgehead atoms. The van der Waals surface area contributed by atoms with E-state index >= 15 is 0 Å². The van der Waals surface area contributed by atoms with Crippen LogP contribution in [0.25, 0.3) is 0 Å². The van der Waals surface area contributed by atoms with Crippen molar-refractivity contribution in [3.8, 4) is 0 Å². The molecule has 0 saturated heterocycles. The standard InChI is InChI=1S/C14H21NO4S/c1-4-19-14(16)12(3)15(20(17,18)5-2)11-13-9-7-6-8-10-13/h6-10,12H,4-5,11H2,1-3H3. The van der Waals surface area contributed by atoms with Crippen LogP contribution in [-0.4, -0.2) is 37.1 Å². The quantitative estimate of drug-likeness (QED) is 0.720. The smallest absolute Gasteiger partial charge is 0.324 e. The van der Waals surface area contributed by atoms with Crippen molar-refractivity contribution in [2.24, 2.45) is 0 Å². The Morgan fingerprint density at radius 1 is 1.25 bits per heavy atom. The lowest BCUT2D eigenvalue weighted by molar-refractivity contribution is -0.147. The minimum absolute atomic E-state index is 0.0520. The summed E-state index contributed by atoms with van der Waals surface area (Å²) < 4.78 is 30.5. The average Bonchev–Trinajstić information content (AvgIpc) is 2.45. The normalized spacial score (nSPS) is 13.2. The van der Waals surface area contributed by atoms with Gasteiger partial charge in [0, 0.05) is 6.54 Å². The van der Waals surface area contributed by atoms with Crippen LogP contribution in [0.1, 0.15) is 26.3 Å². The third kappa shape index (κ3) is 4.31. The van der Waals surface area contributed by atoms with Crippen molar-refractivity contribution >= 4 is 16.0 Å². The van der Waals surface area contributed by atoms with Crippen LogP contribution >= 0.6 is 0 Å². The van der Waals surface area contributed by atoms with E-state index in [2.05, 4.69) is 0 Å². The van der Waals surface area contributed by atoms with Crippen LogP contribution in [-0.2, 0) is 26.1 Å². The van der Waals surface area contributed by atoms with Gasteiger partial charge in [0.15, 0.2) is 0 Å². The predicted octanol–water partition coefficient (Wildman–Crippen LogP) is 1.79. The molecule has 0 aliphatic rings. The van der Waals surface area contributed by atoms with Crippen LogP contribution in [0, 0.1) is 0 Å². The molecule has 0 aromatic heterocycles. The predicted molar refractivity (Wildman–Crippen MR) is 77.5 cm³/mol. The fourth-order valence-electron chi connectivity index (χ4n) is 1.79. The molecule has 20 heavy (non-hydrogen) atoms. The molecule has 0 fully saturated rings. The molecule has 1 unspecified atom stereocenters. The zero-order valence-corrected chi connectivity index (χ0v) is 12.9. The maximum atomic E-state index is 12.2. The summed E-state index contributed by atoms with van der Waals surface area (Å²) in [4.78, 5) is 11.8. The first-order chi connectivity index (χ1) is 9.42. The SMILES string of the molecule is CCOC(=O)C(C)N(Cc1ccccc1)S(=O)(=O)CC. The van der Waals surface area contributed by atoms with Gasteiger partial charge in [-0.2, -0.15) is 4.31 Å². The zero-order valence-electron chi connectivity index (χ0n) is 12.1. The van der Waals surface area contributed by atoms with Crippen molar-refractivity contribution in [1.29, 1.82) is 0 Å². The second kappa shape index (κ2) is 7.40. The van der Waals surface area contributed by atoms with Gasteiger partial charge in [-0.1, -0.05) is 30.3 Å². The Balaban J connectivity index is 3.00. The summed E-state index contributed by atoms with van der Waals surface area (Å²) in [5.74, 6) is -0.579. The molecule has 0 radical (unpaired) electrons. The van der Waals surface area contributed by atoms with Crippen LogP contribution in [0.3, 0.4) is 0 Å². The summed E-state index contributed by atoms with van der Waals surface area (Å²) in [5.41, 5.74) is 0.834. The molecule has 112 valence electrons. The molecule has 1 atom stereocenters. The largest absolute Gasteiger partial charge is 0.465 e. The van der Waals surface area contributed by atoms with Crippen LogP contribution in [0.15, 0.2) is 30.3 Å². The van der Waals surface area contributed by atoms with Gasteiger partial charge in [0.2, 0.25) is 10.0 Å². The van der Waals surface area contributed by atoms with Crippen LogP contribution in [0.4, 0.5) is 0 Å². The number of benzene rings is 1. The molecule has 0 N–H and O–H groups in total. The average molecular weight is 299 g/mol. The zero-order chi connectivity index (χ0) is 15.2.